The summed E-state index contributed by atoms with van der Waals surface area (Å²) in [7, 11) is 0. The molecule has 0 unspecified atom stereocenters. The fourth-order valence-corrected chi connectivity index (χ4v) is 2.97. The molecule has 2 aromatic carbocycles. The van der Waals surface area contributed by atoms with Crippen molar-refractivity contribution < 1.29 is 0 Å². The Hall–Kier alpha value is -1.50. The minimum atomic E-state index is 0.783. The third-order valence-electron chi connectivity index (χ3n) is 3.96. The molecule has 0 radical (unpaired) electrons. The van der Waals surface area contributed by atoms with Crippen molar-refractivity contribution in [2.45, 2.75) is 38.0 Å². The van der Waals surface area contributed by atoms with E-state index in [-0.39, 0.29) is 0 Å². The Morgan fingerprint density at radius 3 is 2.35 bits per heavy atom. The van der Waals surface area contributed by atoms with Crippen LogP contribution in [0.15, 0.2) is 36.4 Å². The summed E-state index contributed by atoms with van der Waals surface area (Å²) < 4.78 is 0. The van der Waals surface area contributed by atoms with E-state index >= 15 is 0 Å². The molecule has 0 spiro atoms. The zero-order valence-corrected chi connectivity index (χ0v) is 10.2. The number of fused-ring (bicyclic) bond motifs is 1. The van der Waals surface area contributed by atoms with E-state index in [2.05, 4.69) is 30.3 Å². The van der Waals surface area contributed by atoms with Gasteiger partial charge in [0, 0.05) is 5.69 Å². The lowest BCUT2D eigenvalue weighted by Crippen LogP contribution is -2.04. The van der Waals surface area contributed by atoms with E-state index < -0.39 is 0 Å². The highest BCUT2D eigenvalue weighted by atomic mass is 14.5. The molecule has 2 aromatic rings. The van der Waals surface area contributed by atoms with E-state index in [1.807, 2.05) is 6.07 Å². The second kappa shape index (κ2) is 4.40. The zero-order chi connectivity index (χ0) is 11.7. The van der Waals surface area contributed by atoms with Crippen LogP contribution in [0.5, 0.6) is 0 Å². The molecule has 0 aromatic heterocycles. The number of hydrogen-bond donors (Lipinski definition) is 1. The Labute approximate surface area is 103 Å². The Kier molecular flexibility index (Phi) is 2.76. The van der Waals surface area contributed by atoms with Gasteiger partial charge in [0.2, 0.25) is 0 Å². The smallest absolute Gasteiger partial charge is 0.0320 e. The van der Waals surface area contributed by atoms with E-state index in [9.17, 15) is 0 Å². The minimum Gasteiger partial charge on any atom is -0.399 e. The van der Waals surface area contributed by atoms with Crippen LogP contribution in [-0.4, -0.2) is 0 Å². The van der Waals surface area contributed by atoms with Gasteiger partial charge in [-0.2, -0.15) is 0 Å². The van der Waals surface area contributed by atoms with Crippen molar-refractivity contribution in [3.05, 3.63) is 42.0 Å². The van der Waals surface area contributed by atoms with Crippen LogP contribution in [0.4, 0.5) is 5.69 Å². The van der Waals surface area contributed by atoms with Gasteiger partial charge in [0.25, 0.3) is 0 Å². The van der Waals surface area contributed by atoms with Crippen molar-refractivity contribution in [3.63, 3.8) is 0 Å². The van der Waals surface area contributed by atoms with Crippen LogP contribution in [0.25, 0.3) is 10.8 Å². The molecule has 1 aliphatic carbocycles. The van der Waals surface area contributed by atoms with E-state index in [1.54, 1.807) is 0 Å². The number of nitrogens with two attached hydrogens (primary N) is 1. The Morgan fingerprint density at radius 2 is 1.53 bits per heavy atom. The van der Waals surface area contributed by atoms with Gasteiger partial charge in [0.1, 0.15) is 0 Å². The Morgan fingerprint density at radius 1 is 0.824 bits per heavy atom. The highest BCUT2D eigenvalue weighted by Gasteiger charge is 2.15. The number of anilines is 1. The predicted octanol–water partition coefficient (Wildman–Crippen LogP) is 4.47. The first-order valence-electron chi connectivity index (χ1n) is 6.62. The molecule has 2 N–H and O–H groups in total. The van der Waals surface area contributed by atoms with Crippen molar-refractivity contribution in [1.29, 1.82) is 0 Å². The molecule has 1 heteroatoms. The molecule has 88 valence electrons. The van der Waals surface area contributed by atoms with Gasteiger partial charge in [-0.05, 0) is 47.2 Å². The van der Waals surface area contributed by atoms with E-state index in [0.717, 1.165) is 11.6 Å². The largest absolute Gasteiger partial charge is 0.399 e. The first-order chi connectivity index (χ1) is 8.33. The average Bonchev–Trinajstić information content (AvgIpc) is 2.39. The summed E-state index contributed by atoms with van der Waals surface area (Å²) in [5, 5.41) is 2.58. The van der Waals surface area contributed by atoms with Gasteiger partial charge in [-0.15, -0.1) is 0 Å². The first-order valence-corrected chi connectivity index (χ1v) is 6.62. The summed E-state index contributed by atoms with van der Waals surface area (Å²) in [4.78, 5) is 0. The number of nitrogen functional groups attached to an aromatic ring is 1. The quantitative estimate of drug-likeness (QED) is 0.712. The maximum atomic E-state index is 5.80. The Balaban J connectivity index is 1.98. The molecule has 0 saturated heterocycles. The summed E-state index contributed by atoms with van der Waals surface area (Å²) >= 11 is 0. The zero-order valence-electron chi connectivity index (χ0n) is 10.2. The summed E-state index contributed by atoms with van der Waals surface area (Å²) in [6, 6.07) is 13.0. The maximum absolute atomic E-state index is 5.80. The van der Waals surface area contributed by atoms with Crippen molar-refractivity contribution in [1.82, 2.24) is 0 Å². The molecule has 0 amide bonds. The van der Waals surface area contributed by atoms with E-state index in [4.69, 9.17) is 5.73 Å². The summed E-state index contributed by atoms with van der Waals surface area (Å²) in [6.45, 7) is 0. The predicted molar refractivity (Wildman–Crippen MR) is 74.2 cm³/mol. The van der Waals surface area contributed by atoms with Crippen LogP contribution in [0.3, 0.4) is 0 Å². The van der Waals surface area contributed by atoms with Crippen LogP contribution in [-0.2, 0) is 0 Å². The van der Waals surface area contributed by atoms with Crippen molar-refractivity contribution >= 4 is 16.5 Å². The molecule has 17 heavy (non-hydrogen) atoms. The molecule has 0 heterocycles. The molecule has 0 aliphatic heterocycles. The second-order valence-electron chi connectivity index (χ2n) is 5.20. The lowest BCUT2D eigenvalue weighted by atomic mass is 9.83. The van der Waals surface area contributed by atoms with E-state index in [1.165, 1.54) is 48.4 Å². The van der Waals surface area contributed by atoms with Crippen LogP contribution in [0.1, 0.15) is 43.6 Å². The highest BCUT2D eigenvalue weighted by molar-refractivity contribution is 5.86. The molecular weight excluding hydrogens is 206 g/mol. The van der Waals surface area contributed by atoms with Crippen LogP contribution >= 0.6 is 0 Å². The van der Waals surface area contributed by atoms with Gasteiger partial charge in [-0.1, -0.05) is 43.5 Å². The number of hydrogen-bond acceptors (Lipinski definition) is 1. The standard InChI is InChI=1S/C16H19N/c17-16-9-8-14-10-13(6-7-15(14)11-16)12-4-2-1-3-5-12/h6-12H,1-5,17H2. The molecule has 1 aliphatic rings. The van der Waals surface area contributed by atoms with Gasteiger partial charge in [-0.25, -0.2) is 0 Å². The van der Waals surface area contributed by atoms with Gasteiger partial charge < -0.3 is 5.73 Å². The molecule has 0 bridgehead atoms. The van der Waals surface area contributed by atoms with Gasteiger partial charge in [0.15, 0.2) is 0 Å². The van der Waals surface area contributed by atoms with Gasteiger partial charge in [-0.3, -0.25) is 0 Å². The molecular formula is C16H19N. The van der Waals surface area contributed by atoms with Crippen LogP contribution < -0.4 is 5.73 Å². The lowest BCUT2D eigenvalue weighted by molar-refractivity contribution is 0.444. The topological polar surface area (TPSA) is 26.0 Å². The maximum Gasteiger partial charge on any atom is 0.0320 e. The summed E-state index contributed by atoms with van der Waals surface area (Å²) in [5.41, 5.74) is 8.17. The van der Waals surface area contributed by atoms with Crippen molar-refractivity contribution in [2.24, 2.45) is 0 Å². The van der Waals surface area contributed by atoms with Gasteiger partial charge >= 0.3 is 0 Å². The van der Waals surface area contributed by atoms with Crippen LogP contribution in [0.2, 0.25) is 0 Å². The average molecular weight is 225 g/mol. The fraction of sp³-hybridized carbons (Fsp3) is 0.375. The third-order valence-corrected chi connectivity index (χ3v) is 3.96. The summed E-state index contributed by atoms with van der Waals surface area (Å²) in [5.74, 6) is 0.783. The Bertz CT molecular complexity index is 524. The monoisotopic (exact) mass is 225 g/mol. The van der Waals surface area contributed by atoms with Crippen molar-refractivity contribution in [3.8, 4) is 0 Å². The SMILES string of the molecule is Nc1ccc2cc(C3CCCCC3)ccc2c1. The lowest BCUT2D eigenvalue weighted by Gasteiger charge is -2.22. The third kappa shape index (κ3) is 2.14. The first kappa shape index (κ1) is 10.6. The van der Waals surface area contributed by atoms with E-state index in [0.29, 0.717) is 0 Å². The molecule has 1 saturated carbocycles. The molecule has 3 rings (SSSR count). The molecule has 0 atom stereocenters. The molecule has 1 fully saturated rings. The number of rotatable bonds is 1. The van der Waals surface area contributed by atoms with Gasteiger partial charge in [0.05, 0.1) is 0 Å². The number of benzene rings is 2. The fourth-order valence-electron chi connectivity index (χ4n) is 2.97. The summed E-state index contributed by atoms with van der Waals surface area (Å²) in [6.07, 6.45) is 6.93. The highest BCUT2D eigenvalue weighted by Crippen LogP contribution is 2.34. The second-order valence-corrected chi connectivity index (χ2v) is 5.20. The minimum absolute atomic E-state index is 0.783. The normalized spacial score (nSPS) is 17.4. The molecule has 1 nitrogen and oxygen atoms in total. The van der Waals surface area contributed by atoms with Crippen LogP contribution in [0, 0.1) is 0 Å². The van der Waals surface area contributed by atoms with Crippen molar-refractivity contribution in [2.75, 3.05) is 5.73 Å².